The number of aryl methyl sites for hydroxylation is 1. The van der Waals surface area contributed by atoms with Gasteiger partial charge in [-0.25, -0.2) is 0 Å². The molecule has 0 bridgehead atoms. The first kappa shape index (κ1) is 15.1. The van der Waals surface area contributed by atoms with Gasteiger partial charge in [-0.1, -0.05) is 19.1 Å². The average Bonchev–Trinajstić information content (AvgIpc) is 3.00. The molecule has 0 aliphatic rings. The molecule has 1 heterocycles. The molecule has 2 rings (SSSR count). The standard InChI is InChI=1S/C16H19NO4/c1-2-12-3-5-13(6-4-12)20-11-14-7-8-15(21-14)16(19)17-9-10-18/h3-8,18H,2,9-11H2,1H3,(H,17,19). The molecule has 21 heavy (non-hydrogen) atoms. The van der Waals surface area contributed by atoms with E-state index in [0.29, 0.717) is 5.76 Å². The molecule has 0 aliphatic carbocycles. The molecule has 5 heteroatoms. The zero-order chi connectivity index (χ0) is 15.1. The number of hydrogen-bond donors (Lipinski definition) is 2. The van der Waals surface area contributed by atoms with Crippen molar-refractivity contribution < 1.29 is 19.1 Å². The molecule has 0 saturated carbocycles. The molecule has 1 aromatic heterocycles. The van der Waals surface area contributed by atoms with Gasteiger partial charge in [0.1, 0.15) is 18.1 Å². The second-order valence-electron chi connectivity index (χ2n) is 4.53. The summed E-state index contributed by atoms with van der Waals surface area (Å²) < 4.78 is 11.0. The summed E-state index contributed by atoms with van der Waals surface area (Å²) in [5.41, 5.74) is 1.25. The molecule has 112 valence electrons. The van der Waals surface area contributed by atoms with Crippen molar-refractivity contribution in [1.82, 2.24) is 5.32 Å². The maximum atomic E-state index is 11.6. The van der Waals surface area contributed by atoms with E-state index >= 15 is 0 Å². The molecule has 1 amide bonds. The third-order valence-electron chi connectivity index (χ3n) is 3.00. The Kier molecular flexibility index (Phi) is 5.40. The van der Waals surface area contributed by atoms with Crippen molar-refractivity contribution in [1.29, 1.82) is 0 Å². The minimum atomic E-state index is -0.345. The highest BCUT2D eigenvalue weighted by molar-refractivity contribution is 5.91. The molecule has 5 nitrogen and oxygen atoms in total. The van der Waals surface area contributed by atoms with Gasteiger partial charge in [0.05, 0.1) is 6.61 Å². The van der Waals surface area contributed by atoms with Crippen molar-refractivity contribution in [3.63, 3.8) is 0 Å². The number of nitrogens with one attached hydrogen (secondary N) is 1. The average molecular weight is 289 g/mol. The fourth-order valence-corrected chi connectivity index (χ4v) is 1.81. The molecule has 0 radical (unpaired) electrons. The van der Waals surface area contributed by atoms with Gasteiger partial charge in [0.2, 0.25) is 0 Å². The van der Waals surface area contributed by atoms with E-state index in [1.165, 1.54) is 5.56 Å². The van der Waals surface area contributed by atoms with Gasteiger partial charge in [0.15, 0.2) is 5.76 Å². The highest BCUT2D eigenvalue weighted by Crippen LogP contribution is 2.15. The highest BCUT2D eigenvalue weighted by Gasteiger charge is 2.10. The molecule has 0 unspecified atom stereocenters. The van der Waals surface area contributed by atoms with Gasteiger partial charge in [-0.15, -0.1) is 0 Å². The SMILES string of the molecule is CCc1ccc(OCc2ccc(C(=O)NCCO)o2)cc1. The van der Waals surface area contributed by atoms with Crippen molar-refractivity contribution in [2.45, 2.75) is 20.0 Å². The fraction of sp³-hybridized carbons (Fsp3) is 0.312. The zero-order valence-electron chi connectivity index (χ0n) is 12.0. The summed E-state index contributed by atoms with van der Waals surface area (Å²) in [5.74, 6) is 1.20. The summed E-state index contributed by atoms with van der Waals surface area (Å²) in [5, 5.41) is 11.2. The summed E-state index contributed by atoms with van der Waals surface area (Å²) in [6.45, 7) is 2.46. The number of carbonyl (C=O) groups is 1. The number of ether oxygens (including phenoxy) is 1. The molecular formula is C16H19NO4. The van der Waals surface area contributed by atoms with Crippen LogP contribution in [0.2, 0.25) is 0 Å². The summed E-state index contributed by atoms with van der Waals surface area (Å²) in [7, 11) is 0. The van der Waals surface area contributed by atoms with Gasteiger partial charge in [0.25, 0.3) is 5.91 Å². The second-order valence-corrected chi connectivity index (χ2v) is 4.53. The third-order valence-corrected chi connectivity index (χ3v) is 3.00. The van der Waals surface area contributed by atoms with E-state index in [2.05, 4.69) is 12.2 Å². The number of amides is 1. The second kappa shape index (κ2) is 7.50. The van der Waals surface area contributed by atoms with Crippen molar-refractivity contribution in [2.24, 2.45) is 0 Å². The summed E-state index contributed by atoms with van der Waals surface area (Å²) in [6, 6.07) is 11.2. The summed E-state index contributed by atoms with van der Waals surface area (Å²) in [6.07, 6.45) is 0.991. The van der Waals surface area contributed by atoms with Gasteiger partial charge in [-0.05, 0) is 36.2 Å². The third kappa shape index (κ3) is 4.36. The molecule has 0 saturated heterocycles. The van der Waals surface area contributed by atoms with Crippen LogP contribution >= 0.6 is 0 Å². The van der Waals surface area contributed by atoms with Crippen LogP contribution in [0, 0.1) is 0 Å². The lowest BCUT2D eigenvalue weighted by molar-refractivity contribution is 0.0913. The van der Waals surface area contributed by atoms with Crippen molar-refractivity contribution in [2.75, 3.05) is 13.2 Å². The largest absolute Gasteiger partial charge is 0.486 e. The maximum absolute atomic E-state index is 11.6. The molecule has 2 N–H and O–H groups in total. The summed E-state index contributed by atoms with van der Waals surface area (Å²) in [4.78, 5) is 11.6. The minimum Gasteiger partial charge on any atom is -0.486 e. The Morgan fingerprint density at radius 2 is 2.00 bits per heavy atom. The predicted molar refractivity (Wildman–Crippen MR) is 78.3 cm³/mol. The zero-order valence-corrected chi connectivity index (χ0v) is 12.0. The Morgan fingerprint density at radius 3 is 2.67 bits per heavy atom. The van der Waals surface area contributed by atoms with Crippen LogP contribution in [0.1, 0.15) is 28.8 Å². The Labute approximate surface area is 123 Å². The number of aliphatic hydroxyl groups excluding tert-OH is 1. The first-order valence-electron chi connectivity index (χ1n) is 6.92. The van der Waals surface area contributed by atoms with Crippen LogP contribution in [-0.4, -0.2) is 24.2 Å². The Morgan fingerprint density at radius 1 is 1.24 bits per heavy atom. The topological polar surface area (TPSA) is 71.7 Å². The van der Waals surface area contributed by atoms with Crippen LogP contribution < -0.4 is 10.1 Å². The van der Waals surface area contributed by atoms with E-state index in [9.17, 15) is 4.79 Å². The number of rotatable bonds is 7. The van der Waals surface area contributed by atoms with Gasteiger partial charge >= 0.3 is 0 Å². The quantitative estimate of drug-likeness (QED) is 0.819. The van der Waals surface area contributed by atoms with Crippen LogP contribution in [0.4, 0.5) is 0 Å². The molecule has 1 aromatic carbocycles. The molecule has 2 aromatic rings. The van der Waals surface area contributed by atoms with Gasteiger partial charge in [-0.3, -0.25) is 4.79 Å². The van der Waals surface area contributed by atoms with Crippen LogP contribution in [0.15, 0.2) is 40.8 Å². The smallest absolute Gasteiger partial charge is 0.287 e. The van der Waals surface area contributed by atoms with Crippen molar-refractivity contribution >= 4 is 5.91 Å². The number of benzene rings is 1. The Bertz CT molecular complexity index is 574. The number of aliphatic hydroxyl groups is 1. The van der Waals surface area contributed by atoms with E-state index in [1.54, 1.807) is 12.1 Å². The fourth-order valence-electron chi connectivity index (χ4n) is 1.81. The minimum absolute atomic E-state index is 0.101. The Balaban J connectivity index is 1.88. The van der Waals surface area contributed by atoms with Crippen LogP contribution in [0.5, 0.6) is 5.75 Å². The molecule has 0 spiro atoms. The molecular weight excluding hydrogens is 270 g/mol. The lowest BCUT2D eigenvalue weighted by atomic mass is 10.2. The van der Waals surface area contributed by atoms with Crippen LogP contribution in [0.3, 0.4) is 0 Å². The van der Waals surface area contributed by atoms with E-state index in [0.717, 1.165) is 12.2 Å². The number of hydrogen-bond acceptors (Lipinski definition) is 4. The number of furan rings is 1. The maximum Gasteiger partial charge on any atom is 0.287 e. The monoisotopic (exact) mass is 289 g/mol. The molecule has 0 fully saturated rings. The van der Waals surface area contributed by atoms with E-state index in [1.807, 2.05) is 24.3 Å². The van der Waals surface area contributed by atoms with Crippen LogP contribution in [0.25, 0.3) is 0 Å². The lowest BCUT2D eigenvalue weighted by Crippen LogP contribution is -2.25. The van der Waals surface area contributed by atoms with E-state index in [-0.39, 0.29) is 31.4 Å². The molecule has 0 atom stereocenters. The molecule has 0 aliphatic heterocycles. The number of carbonyl (C=O) groups excluding carboxylic acids is 1. The van der Waals surface area contributed by atoms with E-state index in [4.69, 9.17) is 14.3 Å². The Hall–Kier alpha value is -2.27. The first-order valence-corrected chi connectivity index (χ1v) is 6.92. The van der Waals surface area contributed by atoms with Crippen molar-refractivity contribution in [3.8, 4) is 5.75 Å². The van der Waals surface area contributed by atoms with Gasteiger partial charge in [0, 0.05) is 6.54 Å². The normalized spacial score (nSPS) is 10.4. The summed E-state index contributed by atoms with van der Waals surface area (Å²) >= 11 is 0. The van der Waals surface area contributed by atoms with Crippen molar-refractivity contribution in [3.05, 3.63) is 53.5 Å². The van der Waals surface area contributed by atoms with Gasteiger partial charge in [-0.2, -0.15) is 0 Å². The highest BCUT2D eigenvalue weighted by atomic mass is 16.5. The van der Waals surface area contributed by atoms with Crippen LogP contribution in [-0.2, 0) is 13.0 Å². The van der Waals surface area contributed by atoms with Gasteiger partial charge < -0.3 is 19.6 Å². The lowest BCUT2D eigenvalue weighted by Gasteiger charge is -2.05. The first-order chi connectivity index (χ1) is 10.2. The predicted octanol–water partition coefficient (Wildman–Crippen LogP) is 2.14. The van der Waals surface area contributed by atoms with E-state index < -0.39 is 0 Å².